The van der Waals surface area contributed by atoms with Crippen molar-refractivity contribution in [3.05, 3.63) is 40.6 Å². The highest BCUT2D eigenvalue weighted by molar-refractivity contribution is 5.35. The van der Waals surface area contributed by atoms with Gasteiger partial charge >= 0.3 is 0 Å². The second kappa shape index (κ2) is 10.2. The van der Waals surface area contributed by atoms with Crippen LogP contribution in [0.2, 0.25) is 0 Å². The summed E-state index contributed by atoms with van der Waals surface area (Å²) in [5.41, 5.74) is 2.15. The largest absolute Gasteiger partial charge is 0.492 e. The maximum atomic E-state index is 5.81. The Morgan fingerprint density at radius 1 is 1.15 bits per heavy atom. The van der Waals surface area contributed by atoms with Crippen LogP contribution in [0.1, 0.15) is 45.1 Å². The lowest BCUT2D eigenvalue weighted by Gasteiger charge is -2.16. The van der Waals surface area contributed by atoms with E-state index in [2.05, 4.69) is 48.4 Å². The molecule has 0 amide bonds. The average Bonchev–Trinajstić information content (AvgIpc) is 3.10. The van der Waals surface area contributed by atoms with Gasteiger partial charge in [-0.3, -0.25) is 0 Å². The Morgan fingerprint density at radius 3 is 2.70 bits per heavy atom. The van der Waals surface area contributed by atoms with Crippen molar-refractivity contribution in [2.75, 3.05) is 25.1 Å². The van der Waals surface area contributed by atoms with Crippen molar-refractivity contribution in [1.82, 2.24) is 4.98 Å². The van der Waals surface area contributed by atoms with Gasteiger partial charge in [-0.1, -0.05) is 31.6 Å². The first-order valence-corrected chi connectivity index (χ1v) is 10.0. The molecule has 1 aliphatic carbocycles. The number of anilines is 1. The molecule has 0 saturated heterocycles. The lowest BCUT2D eigenvalue weighted by atomic mass is 10.0. The molecule has 27 heavy (non-hydrogen) atoms. The van der Waals surface area contributed by atoms with Crippen molar-refractivity contribution >= 4 is 18.2 Å². The van der Waals surface area contributed by atoms with Gasteiger partial charge in [0.05, 0.1) is 12.6 Å². The number of hydrogen-bond acceptors (Lipinski definition) is 5. The minimum absolute atomic E-state index is 0.303. The number of oxazole rings is 1. The average molecular weight is 370 g/mol. The highest BCUT2D eigenvalue weighted by Gasteiger charge is 2.09. The first-order valence-electron chi connectivity index (χ1n) is 10.0. The van der Waals surface area contributed by atoms with Crippen molar-refractivity contribution in [1.29, 1.82) is 0 Å². The van der Waals surface area contributed by atoms with Gasteiger partial charge in [-0.25, -0.2) is 0 Å². The zero-order chi connectivity index (χ0) is 18.9. The predicted molar refractivity (Wildman–Crippen MR) is 108 cm³/mol. The summed E-state index contributed by atoms with van der Waals surface area (Å²) in [7, 11) is 0. The molecule has 0 saturated carbocycles. The van der Waals surface area contributed by atoms with E-state index in [9.17, 15) is 0 Å². The van der Waals surface area contributed by atoms with Crippen molar-refractivity contribution in [3.63, 3.8) is 0 Å². The lowest BCUT2D eigenvalue weighted by molar-refractivity contribution is 0.0566. The van der Waals surface area contributed by atoms with Gasteiger partial charge in [0.15, 0.2) is 5.42 Å². The van der Waals surface area contributed by atoms with E-state index in [-0.39, 0.29) is 0 Å². The molecule has 0 spiro atoms. The molecule has 0 bridgehead atoms. The fraction of sp³-hybridized carbons (Fsp3) is 0.500. The summed E-state index contributed by atoms with van der Waals surface area (Å²) in [6, 6.07) is 8.86. The third-order valence-corrected chi connectivity index (χ3v) is 4.56. The summed E-state index contributed by atoms with van der Waals surface area (Å²) >= 11 is 0. The van der Waals surface area contributed by atoms with E-state index in [1.165, 1.54) is 5.56 Å². The van der Waals surface area contributed by atoms with Crippen LogP contribution in [0.3, 0.4) is 0 Å². The van der Waals surface area contributed by atoms with Crippen molar-refractivity contribution in [2.24, 2.45) is 0 Å². The Hall–Kier alpha value is -2.27. The van der Waals surface area contributed by atoms with Gasteiger partial charge in [0.1, 0.15) is 17.7 Å². The number of nitrogens with zero attached hydrogens (tertiary/aromatic N) is 1. The summed E-state index contributed by atoms with van der Waals surface area (Å²) in [4.78, 5) is 4.43. The maximum Gasteiger partial charge on any atom is 0.295 e. The van der Waals surface area contributed by atoms with E-state index in [1.54, 1.807) is 0 Å². The molecule has 1 unspecified atom stereocenters. The Balaban J connectivity index is 1.43. The minimum atomic E-state index is 0.303. The van der Waals surface area contributed by atoms with Gasteiger partial charge in [-0.2, -0.15) is 4.98 Å². The molecule has 1 aromatic carbocycles. The molecule has 5 heteroatoms. The predicted octanol–water partition coefficient (Wildman–Crippen LogP) is 3.27. The zero-order valence-electron chi connectivity index (χ0n) is 16.4. The molecule has 1 heterocycles. The van der Waals surface area contributed by atoms with Crippen molar-refractivity contribution in [2.45, 2.75) is 52.1 Å². The molecule has 1 aliphatic rings. The summed E-state index contributed by atoms with van der Waals surface area (Å²) in [6.45, 7) is 6.21. The van der Waals surface area contributed by atoms with E-state index in [4.69, 9.17) is 13.9 Å². The van der Waals surface area contributed by atoms with Gasteiger partial charge in [-0.15, -0.1) is 0 Å². The quantitative estimate of drug-likeness (QED) is 0.615. The highest BCUT2D eigenvalue weighted by atomic mass is 16.5. The first-order chi connectivity index (χ1) is 13.3. The van der Waals surface area contributed by atoms with Gasteiger partial charge < -0.3 is 19.2 Å². The van der Waals surface area contributed by atoms with Crippen LogP contribution in [0, 0.1) is 0 Å². The van der Waals surface area contributed by atoms with Gasteiger partial charge in [0.2, 0.25) is 0 Å². The molecule has 2 aromatic rings. The first kappa shape index (κ1) is 19.5. The molecule has 5 nitrogen and oxygen atoms in total. The van der Waals surface area contributed by atoms with E-state index in [0.717, 1.165) is 55.2 Å². The molecule has 0 fully saturated rings. The van der Waals surface area contributed by atoms with Crippen LogP contribution in [0.25, 0.3) is 12.2 Å². The number of aromatic nitrogens is 1. The third kappa shape index (κ3) is 5.86. The number of benzene rings is 1. The Kier molecular flexibility index (Phi) is 7.34. The monoisotopic (exact) mass is 370 g/mol. The Bertz CT molecular complexity index is 772. The third-order valence-electron chi connectivity index (χ3n) is 4.56. The summed E-state index contributed by atoms with van der Waals surface area (Å²) in [5.74, 6) is 0.873. The number of hydrogen-bond donors (Lipinski definition) is 1. The minimum Gasteiger partial charge on any atom is -0.492 e. The molecule has 1 aromatic heterocycles. The zero-order valence-corrected chi connectivity index (χ0v) is 16.4. The molecule has 146 valence electrons. The number of fused-ring (bicyclic) bond motifs is 1. The highest BCUT2D eigenvalue weighted by Crippen LogP contribution is 2.16. The van der Waals surface area contributed by atoms with Crippen LogP contribution in [0.5, 0.6) is 5.75 Å². The Labute approximate surface area is 161 Å². The lowest BCUT2D eigenvalue weighted by Crippen LogP contribution is -2.23. The molecule has 1 atom stereocenters. The SMILES string of the molecule is CCCC(Cc1ccc(OCCNc2nc3c(o2)=CCCC=3)cc1)OCC. The normalized spacial score (nSPS) is 14.0. The fourth-order valence-corrected chi connectivity index (χ4v) is 3.26. The Morgan fingerprint density at radius 2 is 1.96 bits per heavy atom. The maximum absolute atomic E-state index is 5.81. The van der Waals surface area contributed by atoms with Crippen LogP contribution < -0.4 is 20.8 Å². The van der Waals surface area contributed by atoms with Crippen LogP contribution in [-0.2, 0) is 11.2 Å². The summed E-state index contributed by atoms with van der Waals surface area (Å²) < 4.78 is 17.3. The van der Waals surface area contributed by atoms with Gasteiger partial charge in [0.25, 0.3) is 6.01 Å². The molecule has 0 aliphatic heterocycles. The smallest absolute Gasteiger partial charge is 0.295 e. The summed E-state index contributed by atoms with van der Waals surface area (Å²) in [5, 5.41) is 4.12. The molecule has 3 rings (SSSR count). The number of rotatable bonds is 11. The van der Waals surface area contributed by atoms with E-state index in [0.29, 0.717) is 25.3 Å². The molecule has 0 radical (unpaired) electrons. The molecular weight excluding hydrogens is 340 g/mol. The van der Waals surface area contributed by atoms with Crippen LogP contribution in [-0.4, -0.2) is 30.8 Å². The number of nitrogens with one attached hydrogen (secondary N) is 1. The number of ether oxygens (including phenoxy) is 2. The standard InChI is InChI=1S/C22H30N2O3/c1-3-7-19(25-4-2)16-17-10-12-18(13-11-17)26-15-14-23-22-24-20-8-5-6-9-21(20)27-22/h8-13,19H,3-7,14-16H2,1-2H3,(H,23,24). The van der Waals surface area contributed by atoms with E-state index >= 15 is 0 Å². The fourth-order valence-electron chi connectivity index (χ4n) is 3.26. The molecular formula is C22H30N2O3. The summed E-state index contributed by atoms with van der Waals surface area (Å²) in [6.07, 6.45) is 9.73. The van der Waals surface area contributed by atoms with Crippen molar-refractivity contribution < 1.29 is 13.9 Å². The van der Waals surface area contributed by atoms with Crippen molar-refractivity contribution in [3.8, 4) is 5.75 Å². The van der Waals surface area contributed by atoms with E-state index in [1.807, 2.05) is 12.1 Å². The van der Waals surface area contributed by atoms with E-state index < -0.39 is 0 Å². The van der Waals surface area contributed by atoms with Crippen LogP contribution in [0.4, 0.5) is 6.01 Å². The van der Waals surface area contributed by atoms with Gasteiger partial charge in [0, 0.05) is 6.61 Å². The molecule has 1 N–H and O–H groups in total. The van der Waals surface area contributed by atoms with Crippen LogP contribution >= 0.6 is 0 Å². The second-order valence-electron chi connectivity index (χ2n) is 6.74. The van der Waals surface area contributed by atoms with Crippen LogP contribution in [0.15, 0.2) is 28.7 Å². The second-order valence-corrected chi connectivity index (χ2v) is 6.74. The topological polar surface area (TPSA) is 56.5 Å². The van der Waals surface area contributed by atoms with Gasteiger partial charge in [-0.05, 0) is 56.4 Å².